The van der Waals surface area contributed by atoms with E-state index in [2.05, 4.69) is 59.6 Å². The zero-order chi connectivity index (χ0) is 27.2. The Morgan fingerprint density at radius 2 is 0.951 bits per heavy atom. The van der Waals surface area contributed by atoms with Gasteiger partial charge in [0.05, 0.1) is 6.20 Å². The molecule has 3 aromatic heterocycles. The van der Waals surface area contributed by atoms with Crippen molar-refractivity contribution in [2.24, 2.45) is 0 Å². The molecular formula is C36H22N4O. The van der Waals surface area contributed by atoms with Crippen molar-refractivity contribution in [3.63, 3.8) is 0 Å². The summed E-state index contributed by atoms with van der Waals surface area (Å²) in [4.78, 5) is 19.0. The predicted octanol–water partition coefficient (Wildman–Crippen LogP) is 8.99. The van der Waals surface area contributed by atoms with E-state index >= 15 is 0 Å². The summed E-state index contributed by atoms with van der Waals surface area (Å²) in [5.74, 6) is 1.91. The van der Waals surface area contributed by atoms with E-state index in [0.29, 0.717) is 17.5 Å². The SMILES string of the molecule is c1ccc(-c2nc(-c3ccccc3)nc(-c3ccc(-c4cncc5oc6cc7ccccc7cc6c45)cc3)n2)cc1. The molecular weight excluding hydrogens is 504 g/mol. The van der Waals surface area contributed by atoms with Crippen molar-refractivity contribution in [1.82, 2.24) is 19.9 Å². The summed E-state index contributed by atoms with van der Waals surface area (Å²) >= 11 is 0. The van der Waals surface area contributed by atoms with Gasteiger partial charge in [0.1, 0.15) is 5.58 Å². The molecule has 0 atom stereocenters. The van der Waals surface area contributed by atoms with Crippen molar-refractivity contribution in [1.29, 1.82) is 0 Å². The molecule has 0 amide bonds. The number of furan rings is 1. The van der Waals surface area contributed by atoms with Crippen LogP contribution in [-0.4, -0.2) is 19.9 Å². The summed E-state index contributed by atoms with van der Waals surface area (Å²) in [5.41, 5.74) is 6.50. The minimum atomic E-state index is 0.626. The molecule has 0 N–H and O–H groups in total. The minimum Gasteiger partial charge on any atom is -0.454 e. The first-order valence-electron chi connectivity index (χ1n) is 13.5. The van der Waals surface area contributed by atoms with Gasteiger partial charge in [-0.25, -0.2) is 15.0 Å². The fourth-order valence-electron chi connectivity index (χ4n) is 5.37. The number of hydrogen-bond acceptors (Lipinski definition) is 5. The third-order valence-electron chi connectivity index (χ3n) is 7.40. The van der Waals surface area contributed by atoms with Gasteiger partial charge in [-0.2, -0.15) is 0 Å². The summed E-state index contributed by atoms with van der Waals surface area (Å²) in [6.07, 6.45) is 3.70. The molecule has 0 bridgehead atoms. The Hall–Kier alpha value is -5.68. The van der Waals surface area contributed by atoms with Crippen LogP contribution in [0.2, 0.25) is 0 Å². The molecule has 0 aliphatic heterocycles. The first-order chi connectivity index (χ1) is 20.3. The van der Waals surface area contributed by atoms with Gasteiger partial charge in [-0.1, -0.05) is 109 Å². The Bertz CT molecular complexity index is 2130. The van der Waals surface area contributed by atoms with E-state index in [0.717, 1.165) is 55.1 Å². The maximum absolute atomic E-state index is 6.24. The van der Waals surface area contributed by atoms with E-state index in [9.17, 15) is 0 Å². The summed E-state index contributed by atoms with van der Waals surface area (Å²) in [6.45, 7) is 0. The molecule has 5 nitrogen and oxygen atoms in total. The van der Waals surface area contributed by atoms with Crippen LogP contribution in [0.15, 0.2) is 138 Å². The Morgan fingerprint density at radius 1 is 0.439 bits per heavy atom. The predicted molar refractivity (Wildman–Crippen MR) is 164 cm³/mol. The highest BCUT2D eigenvalue weighted by Crippen LogP contribution is 2.38. The highest BCUT2D eigenvalue weighted by molar-refractivity contribution is 6.15. The third kappa shape index (κ3) is 4.12. The topological polar surface area (TPSA) is 64.7 Å². The number of aromatic nitrogens is 4. The van der Waals surface area contributed by atoms with Gasteiger partial charge in [-0.05, 0) is 28.5 Å². The van der Waals surface area contributed by atoms with E-state index in [4.69, 9.17) is 19.4 Å². The summed E-state index contributed by atoms with van der Waals surface area (Å²) in [5, 5.41) is 4.48. The lowest BCUT2D eigenvalue weighted by Gasteiger charge is -2.09. The number of rotatable bonds is 4. The highest BCUT2D eigenvalue weighted by Gasteiger charge is 2.16. The van der Waals surface area contributed by atoms with Crippen LogP contribution in [0.3, 0.4) is 0 Å². The van der Waals surface area contributed by atoms with Crippen LogP contribution in [0.1, 0.15) is 0 Å². The maximum atomic E-state index is 6.24. The number of hydrogen-bond donors (Lipinski definition) is 0. The molecule has 0 aliphatic carbocycles. The molecule has 0 spiro atoms. The van der Waals surface area contributed by atoms with E-state index in [1.807, 2.05) is 72.9 Å². The summed E-state index contributed by atoms with van der Waals surface area (Å²) < 4.78 is 6.24. The second kappa shape index (κ2) is 9.50. The van der Waals surface area contributed by atoms with Crippen molar-refractivity contribution >= 4 is 32.7 Å². The maximum Gasteiger partial charge on any atom is 0.164 e. The lowest BCUT2D eigenvalue weighted by Crippen LogP contribution is -2.00. The summed E-state index contributed by atoms with van der Waals surface area (Å²) in [6, 6.07) is 41.0. The van der Waals surface area contributed by atoms with Gasteiger partial charge in [0.2, 0.25) is 0 Å². The second-order valence-corrected chi connectivity index (χ2v) is 9.97. The lowest BCUT2D eigenvalue weighted by atomic mass is 9.99. The number of pyridine rings is 1. The highest BCUT2D eigenvalue weighted by atomic mass is 16.3. The molecule has 0 radical (unpaired) electrons. The Morgan fingerprint density at radius 3 is 1.56 bits per heavy atom. The Labute approximate surface area is 235 Å². The number of fused-ring (bicyclic) bond motifs is 4. The molecule has 0 saturated carbocycles. The molecule has 0 fully saturated rings. The summed E-state index contributed by atoms with van der Waals surface area (Å²) in [7, 11) is 0. The van der Waals surface area contributed by atoms with Gasteiger partial charge >= 0.3 is 0 Å². The Kier molecular flexibility index (Phi) is 5.38. The fraction of sp³-hybridized carbons (Fsp3) is 0. The van der Waals surface area contributed by atoms with Crippen LogP contribution < -0.4 is 0 Å². The fourth-order valence-corrected chi connectivity index (χ4v) is 5.37. The van der Waals surface area contributed by atoms with Gasteiger partial charge in [0.25, 0.3) is 0 Å². The normalized spacial score (nSPS) is 11.4. The van der Waals surface area contributed by atoms with E-state index < -0.39 is 0 Å². The number of nitrogens with zero attached hydrogens (tertiary/aromatic N) is 4. The van der Waals surface area contributed by atoms with Crippen LogP contribution in [0, 0.1) is 0 Å². The van der Waals surface area contributed by atoms with Crippen molar-refractivity contribution < 1.29 is 4.42 Å². The Balaban J connectivity index is 1.25. The number of benzene rings is 5. The standard InChI is InChI=1S/C36H22N4O/c1-3-9-24(10-4-1)34-38-35(25-11-5-2-6-12-25)40-36(39-34)26-17-15-23(16-18-26)30-21-37-22-32-33(30)29-19-27-13-7-8-14-28(27)20-31(29)41-32/h1-22H. The van der Waals surface area contributed by atoms with E-state index in [-0.39, 0.29) is 0 Å². The largest absolute Gasteiger partial charge is 0.454 e. The average molecular weight is 527 g/mol. The molecule has 8 rings (SSSR count). The average Bonchev–Trinajstić information content (AvgIpc) is 3.42. The van der Waals surface area contributed by atoms with Crippen molar-refractivity contribution in [2.45, 2.75) is 0 Å². The van der Waals surface area contributed by atoms with Gasteiger partial charge in [0.15, 0.2) is 23.1 Å². The van der Waals surface area contributed by atoms with Gasteiger partial charge in [0, 0.05) is 39.2 Å². The van der Waals surface area contributed by atoms with Crippen LogP contribution >= 0.6 is 0 Å². The monoisotopic (exact) mass is 526 g/mol. The van der Waals surface area contributed by atoms with E-state index in [1.165, 1.54) is 5.39 Å². The van der Waals surface area contributed by atoms with Crippen LogP contribution in [-0.2, 0) is 0 Å². The molecule has 0 aliphatic rings. The van der Waals surface area contributed by atoms with Crippen molar-refractivity contribution in [3.8, 4) is 45.3 Å². The zero-order valence-electron chi connectivity index (χ0n) is 21.9. The van der Waals surface area contributed by atoms with Crippen molar-refractivity contribution in [2.75, 3.05) is 0 Å². The first-order valence-corrected chi connectivity index (χ1v) is 13.5. The lowest BCUT2D eigenvalue weighted by molar-refractivity contribution is 0.667. The molecule has 41 heavy (non-hydrogen) atoms. The third-order valence-corrected chi connectivity index (χ3v) is 7.40. The molecule has 5 heteroatoms. The van der Waals surface area contributed by atoms with Gasteiger partial charge < -0.3 is 4.42 Å². The molecule has 192 valence electrons. The van der Waals surface area contributed by atoms with Crippen LogP contribution in [0.4, 0.5) is 0 Å². The molecule has 0 unspecified atom stereocenters. The molecule has 5 aromatic carbocycles. The van der Waals surface area contributed by atoms with Crippen molar-refractivity contribution in [3.05, 3.63) is 134 Å². The molecule has 8 aromatic rings. The second-order valence-electron chi connectivity index (χ2n) is 9.97. The van der Waals surface area contributed by atoms with Crippen LogP contribution in [0.5, 0.6) is 0 Å². The molecule has 0 saturated heterocycles. The minimum absolute atomic E-state index is 0.626. The smallest absolute Gasteiger partial charge is 0.164 e. The van der Waals surface area contributed by atoms with Crippen LogP contribution in [0.25, 0.3) is 78.0 Å². The quantitative estimate of drug-likeness (QED) is 0.229. The van der Waals surface area contributed by atoms with Gasteiger partial charge in [-0.3, -0.25) is 4.98 Å². The molecule has 3 heterocycles. The van der Waals surface area contributed by atoms with Gasteiger partial charge in [-0.15, -0.1) is 0 Å². The first kappa shape index (κ1) is 23.2. The zero-order valence-corrected chi connectivity index (χ0v) is 21.9. The van der Waals surface area contributed by atoms with E-state index in [1.54, 1.807) is 6.20 Å².